The summed E-state index contributed by atoms with van der Waals surface area (Å²) in [6.07, 6.45) is 0.840. The first-order chi connectivity index (χ1) is 8.81. The summed E-state index contributed by atoms with van der Waals surface area (Å²) in [4.78, 5) is 8.12. The van der Waals surface area contributed by atoms with Gasteiger partial charge in [-0.05, 0) is 18.4 Å². The van der Waals surface area contributed by atoms with Crippen LogP contribution < -0.4 is 10.2 Å². The molecule has 1 atom stereocenters. The summed E-state index contributed by atoms with van der Waals surface area (Å²) < 4.78 is 0. The quantitative estimate of drug-likeness (QED) is 0.875. The molecule has 2 aromatic heterocycles. The smallest absolute Gasteiger partial charge is 0.244 e. The van der Waals surface area contributed by atoms with Crippen LogP contribution in [-0.2, 0) is 6.42 Å². The van der Waals surface area contributed by atoms with Crippen LogP contribution in [0.4, 0.5) is 5.95 Å². The molecule has 2 N–H and O–H groups in total. The van der Waals surface area contributed by atoms with E-state index in [9.17, 15) is 0 Å². The van der Waals surface area contributed by atoms with Crippen molar-refractivity contribution in [1.29, 1.82) is 0 Å². The lowest BCUT2D eigenvalue weighted by molar-refractivity contribution is 0.480. The summed E-state index contributed by atoms with van der Waals surface area (Å²) in [5.41, 5.74) is 0. The Hall–Kier alpha value is -1.40. The molecule has 0 spiro atoms. The molecular weight excluding hydrogens is 246 g/mol. The first kappa shape index (κ1) is 11.7. The fourth-order valence-corrected chi connectivity index (χ4v) is 2.91. The minimum absolute atomic E-state index is 0.498. The van der Waals surface area contributed by atoms with Gasteiger partial charge in [0.2, 0.25) is 5.95 Å². The molecule has 96 valence electrons. The molecule has 1 aliphatic rings. The van der Waals surface area contributed by atoms with Gasteiger partial charge in [-0.3, -0.25) is 5.10 Å². The minimum atomic E-state index is 0.498. The van der Waals surface area contributed by atoms with E-state index in [-0.39, 0.29) is 0 Å². The lowest BCUT2D eigenvalue weighted by Gasteiger charge is -2.30. The van der Waals surface area contributed by atoms with Crippen molar-refractivity contribution in [3.63, 3.8) is 0 Å². The number of aromatic amines is 1. The molecule has 0 aliphatic carbocycles. The molecule has 1 fully saturated rings. The molecule has 1 aliphatic heterocycles. The number of anilines is 1. The van der Waals surface area contributed by atoms with Gasteiger partial charge in [-0.25, -0.2) is 0 Å². The van der Waals surface area contributed by atoms with Crippen molar-refractivity contribution in [3.8, 4) is 0 Å². The van der Waals surface area contributed by atoms with Crippen LogP contribution in [0.3, 0.4) is 0 Å². The van der Waals surface area contributed by atoms with Crippen LogP contribution in [0.25, 0.3) is 0 Å². The zero-order valence-electron chi connectivity index (χ0n) is 10.4. The third-order valence-corrected chi connectivity index (χ3v) is 3.97. The number of hydrogen-bond donors (Lipinski definition) is 2. The Balaban J connectivity index is 1.69. The van der Waals surface area contributed by atoms with E-state index in [1.165, 1.54) is 4.88 Å². The molecule has 0 bridgehead atoms. The zero-order valence-corrected chi connectivity index (χ0v) is 11.2. The number of nitrogens with one attached hydrogen (secondary N) is 2. The first-order valence-corrected chi connectivity index (χ1v) is 7.11. The maximum atomic E-state index is 4.58. The monoisotopic (exact) mass is 263 g/mol. The SMILES string of the molecule is C[C@@H]1CN(c2n[nH]c(Cc3cccs3)n2)CCN1. The normalized spacial score (nSPS) is 20.3. The van der Waals surface area contributed by atoms with Gasteiger partial charge in [-0.2, -0.15) is 4.98 Å². The van der Waals surface area contributed by atoms with Crippen LogP contribution in [0.5, 0.6) is 0 Å². The molecule has 3 heterocycles. The van der Waals surface area contributed by atoms with Gasteiger partial charge in [0.05, 0.1) is 0 Å². The van der Waals surface area contributed by atoms with Crippen molar-refractivity contribution < 1.29 is 0 Å². The fourth-order valence-electron chi connectivity index (χ4n) is 2.20. The summed E-state index contributed by atoms with van der Waals surface area (Å²) >= 11 is 1.75. The summed E-state index contributed by atoms with van der Waals surface area (Å²) in [6.45, 7) is 5.12. The maximum absolute atomic E-state index is 4.58. The Morgan fingerprint density at radius 1 is 1.56 bits per heavy atom. The average Bonchev–Trinajstić information content (AvgIpc) is 3.01. The van der Waals surface area contributed by atoms with Gasteiger partial charge in [-0.15, -0.1) is 16.4 Å². The molecule has 3 rings (SSSR count). The van der Waals surface area contributed by atoms with E-state index in [4.69, 9.17) is 0 Å². The van der Waals surface area contributed by atoms with Crippen LogP contribution in [-0.4, -0.2) is 40.9 Å². The Labute approximate surface area is 110 Å². The third kappa shape index (κ3) is 2.54. The van der Waals surface area contributed by atoms with E-state index < -0.39 is 0 Å². The van der Waals surface area contributed by atoms with Crippen LogP contribution >= 0.6 is 11.3 Å². The number of hydrogen-bond acceptors (Lipinski definition) is 5. The number of H-pyrrole nitrogens is 1. The minimum Gasteiger partial charge on any atom is -0.337 e. The number of nitrogens with zero attached hydrogens (tertiary/aromatic N) is 3. The predicted molar refractivity (Wildman–Crippen MR) is 73.2 cm³/mol. The lowest BCUT2D eigenvalue weighted by Crippen LogP contribution is -2.49. The van der Waals surface area contributed by atoms with Crippen molar-refractivity contribution in [2.45, 2.75) is 19.4 Å². The Bertz CT molecular complexity index is 492. The van der Waals surface area contributed by atoms with Crippen molar-refractivity contribution in [2.75, 3.05) is 24.5 Å². The maximum Gasteiger partial charge on any atom is 0.244 e. The predicted octanol–water partition coefficient (Wildman–Crippen LogP) is 1.26. The molecule has 0 amide bonds. The van der Waals surface area contributed by atoms with Crippen molar-refractivity contribution in [1.82, 2.24) is 20.5 Å². The Kier molecular flexibility index (Phi) is 3.29. The number of aromatic nitrogens is 3. The number of rotatable bonds is 3. The van der Waals surface area contributed by atoms with Crippen LogP contribution in [0, 0.1) is 0 Å². The van der Waals surface area contributed by atoms with Gasteiger partial charge in [0.1, 0.15) is 5.82 Å². The summed E-state index contributed by atoms with van der Waals surface area (Å²) in [6, 6.07) is 4.69. The highest BCUT2D eigenvalue weighted by atomic mass is 32.1. The zero-order chi connectivity index (χ0) is 12.4. The standard InChI is InChI=1S/C12H17N5S/c1-9-8-17(5-4-13-9)12-14-11(15-16-12)7-10-3-2-6-18-10/h2-3,6,9,13H,4-5,7-8H2,1H3,(H,14,15,16)/t9-/m1/s1. The molecule has 0 unspecified atom stereocenters. The summed E-state index contributed by atoms with van der Waals surface area (Å²) in [5.74, 6) is 1.77. The molecule has 0 aromatic carbocycles. The van der Waals surface area contributed by atoms with E-state index in [2.05, 4.69) is 49.8 Å². The highest BCUT2D eigenvalue weighted by Gasteiger charge is 2.19. The molecule has 5 nitrogen and oxygen atoms in total. The molecule has 2 aromatic rings. The highest BCUT2D eigenvalue weighted by Crippen LogP contribution is 2.15. The van der Waals surface area contributed by atoms with E-state index >= 15 is 0 Å². The Morgan fingerprint density at radius 3 is 3.28 bits per heavy atom. The van der Waals surface area contributed by atoms with Crippen LogP contribution in [0.1, 0.15) is 17.6 Å². The largest absolute Gasteiger partial charge is 0.337 e. The second-order valence-electron chi connectivity index (χ2n) is 4.64. The molecule has 18 heavy (non-hydrogen) atoms. The average molecular weight is 263 g/mol. The van der Waals surface area contributed by atoms with E-state index in [0.717, 1.165) is 37.8 Å². The van der Waals surface area contributed by atoms with E-state index in [1.807, 2.05) is 0 Å². The van der Waals surface area contributed by atoms with Crippen molar-refractivity contribution >= 4 is 17.3 Å². The number of thiophene rings is 1. The van der Waals surface area contributed by atoms with E-state index in [1.54, 1.807) is 11.3 Å². The number of piperazine rings is 1. The molecule has 0 saturated carbocycles. The van der Waals surface area contributed by atoms with Crippen LogP contribution in [0.2, 0.25) is 0 Å². The summed E-state index contributed by atoms with van der Waals surface area (Å²) in [5, 5.41) is 12.9. The second-order valence-corrected chi connectivity index (χ2v) is 5.67. The molecule has 0 radical (unpaired) electrons. The third-order valence-electron chi connectivity index (χ3n) is 3.09. The Morgan fingerprint density at radius 2 is 2.50 bits per heavy atom. The van der Waals surface area contributed by atoms with E-state index in [0.29, 0.717) is 6.04 Å². The topological polar surface area (TPSA) is 56.8 Å². The molecule has 6 heteroatoms. The van der Waals surface area contributed by atoms with Crippen molar-refractivity contribution in [2.24, 2.45) is 0 Å². The van der Waals surface area contributed by atoms with Gasteiger partial charge >= 0.3 is 0 Å². The lowest BCUT2D eigenvalue weighted by atomic mass is 10.2. The van der Waals surface area contributed by atoms with Gasteiger partial charge in [0.15, 0.2) is 0 Å². The van der Waals surface area contributed by atoms with Crippen LogP contribution in [0.15, 0.2) is 17.5 Å². The first-order valence-electron chi connectivity index (χ1n) is 6.23. The summed E-state index contributed by atoms with van der Waals surface area (Å²) in [7, 11) is 0. The fraction of sp³-hybridized carbons (Fsp3) is 0.500. The molecule has 1 saturated heterocycles. The second kappa shape index (κ2) is 5.07. The molecular formula is C12H17N5S. The van der Waals surface area contributed by atoms with Gasteiger partial charge < -0.3 is 10.2 Å². The van der Waals surface area contributed by atoms with Crippen molar-refractivity contribution in [3.05, 3.63) is 28.2 Å². The highest BCUT2D eigenvalue weighted by molar-refractivity contribution is 7.09. The van der Waals surface area contributed by atoms with Gasteiger partial charge in [-0.1, -0.05) is 6.07 Å². The van der Waals surface area contributed by atoms with Gasteiger partial charge in [0, 0.05) is 37.0 Å². The van der Waals surface area contributed by atoms with Gasteiger partial charge in [0.25, 0.3) is 0 Å².